The van der Waals surface area contributed by atoms with Gasteiger partial charge in [-0.2, -0.15) is 0 Å². The molecule has 2 heterocycles. The van der Waals surface area contributed by atoms with Gasteiger partial charge < -0.3 is 9.42 Å². The smallest absolute Gasteiger partial charge is 0.292 e. The van der Waals surface area contributed by atoms with Gasteiger partial charge >= 0.3 is 0 Å². The Morgan fingerprint density at radius 2 is 2.20 bits per heavy atom. The van der Waals surface area contributed by atoms with Gasteiger partial charge in [-0.05, 0) is 32.3 Å². The molecule has 1 aliphatic rings. The van der Waals surface area contributed by atoms with E-state index in [0.717, 1.165) is 25.1 Å². The maximum Gasteiger partial charge on any atom is 0.292 e. The van der Waals surface area contributed by atoms with Crippen molar-refractivity contribution in [3.8, 4) is 0 Å². The first-order chi connectivity index (χ1) is 9.65. The molecule has 0 radical (unpaired) electrons. The van der Waals surface area contributed by atoms with Crippen LogP contribution in [-0.4, -0.2) is 22.5 Å². The van der Waals surface area contributed by atoms with Crippen molar-refractivity contribution in [2.45, 2.75) is 32.7 Å². The third-order valence-electron chi connectivity index (χ3n) is 3.78. The van der Waals surface area contributed by atoms with Crippen molar-refractivity contribution >= 4 is 5.91 Å². The van der Waals surface area contributed by atoms with Crippen LogP contribution in [-0.2, 0) is 0 Å². The molecule has 1 atom stereocenters. The Balaban J connectivity index is 1.87. The number of hydrogen-bond acceptors (Lipinski definition) is 3. The van der Waals surface area contributed by atoms with Crippen LogP contribution >= 0.6 is 0 Å². The van der Waals surface area contributed by atoms with Gasteiger partial charge in [0.05, 0.1) is 11.7 Å². The van der Waals surface area contributed by atoms with Crippen LogP contribution in [0.1, 0.15) is 46.3 Å². The average molecular weight is 270 g/mol. The van der Waals surface area contributed by atoms with Crippen molar-refractivity contribution in [1.29, 1.82) is 0 Å². The Kier molecular flexibility index (Phi) is 3.30. The first-order valence-corrected chi connectivity index (χ1v) is 6.96. The topological polar surface area (TPSA) is 46.3 Å². The highest BCUT2D eigenvalue weighted by Crippen LogP contribution is 2.33. The molecule has 1 fully saturated rings. The maximum atomic E-state index is 12.5. The SMILES string of the molecule is Cc1cccc(C2CCCN2C(=O)c2cc(C)no2)c1. The summed E-state index contributed by atoms with van der Waals surface area (Å²) in [6.07, 6.45) is 2.03. The van der Waals surface area contributed by atoms with Crippen molar-refractivity contribution in [2.24, 2.45) is 0 Å². The van der Waals surface area contributed by atoms with E-state index in [0.29, 0.717) is 5.76 Å². The van der Waals surface area contributed by atoms with E-state index >= 15 is 0 Å². The highest BCUT2D eigenvalue weighted by molar-refractivity contribution is 5.92. The van der Waals surface area contributed by atoms with Gasteiger partial charge in [0.15, 0.2) is 0 Å². The van der Waals surface area contributed by atoms with Gasteiger partial charge in [-0.15, -0.1) is 0 Å². The zero-order valence-corrected chi connectivity index (χ0v) is 11.8. The Bertz CT molecular complexity index is 633. The van der Waals surface area contributed by atoms with E-state index in [4.69, 9.17) is 4.52 Å². The fourth-order valence-corrected chi connectivity index (χ4v) is 2.84. The zero-order chi connectivity index (χ0) is 14.1. The lowest BCUT2D eigenvalue weighted by atomic mass is 10.0. The second kappa shape index (κ2) is 5.12. The monoisotopic (exact) mass is 270 g/mol. The van der Waals surface area contributed by atoms with Crippen LogP contribution in [0, 0.1) is 13.8 Å². The van der Waals surface area contributed by atoms with Gasteiger partial charge in [0.1, 0.15) is 0 Å². The molecule has 4 nitrogen and oxygen atoms in total. The Morgan fingerprint density at radius 3 is 2.90 bits per heavy atom. The zero-order valence-electron chi connectivity index (χ0n) is 11.8. The number of benzene rings is 1. The van der Waals surface area contributed by atoms with Crippen LogP contribution in [0.5, 0.6) is 0 Å². The molecule has 1 amide bonds. The lowest BCUT2D eigenvalue weighted by Crippen LogP contribution is -2.30. The normalized spacial score (nSPS) is 18.5. The standard InChI is InChI=1S/C16H18N2O2/c1-11-5-3-6-13(9-11)14-7-4-8-18(14)16(19)15-10-12(2)17-20-15/h3,5-6,9-10,14H,4,7-8H2,1-2H3. The molecule has 0 spiro atoms. The van der Waals surface area contributed by atoms with Crippen LogP contribution in [0.2, 0.25) is 0 Å². The summed E-state index contributed by atoms with van der Waals surface area (Å²) in [5, 5.41) is 3.80. The van der Waals surface area contributed by atoms with E-state index in [9.17, 15) is 4.79 Å². The molecule has 2 aromatic rings. The van der Waals surface area contributed by atoms with Gasteiger partial charge in [0.2, 0.25) is 5.76 Å². The Labute approximate surface area is 118 Å². The number of nitrogens with zero attached hydrogens (tertiary/aromatic N) is 2. The van der Waals surface area contributed by atoms with Gasteiger partial charge in [0, 0.05) is 12.6 Å². The van der Waals surface area contributed by atoms with Crippen molar-refractivity contribution in [3.63, 3.8) is 0 Å². The van der Waals surface area contributed by atoms with Gasteiger partial charge in [-0.25, -0.2) is 0 Å². The fraction of sp³-hybridized carbons (Fsp3) is 0.375. The number of hydrogen-bond donors (Lipinski definition) is 0. The number of amides is 1. The summed E-state index contributed by atoms with van der Waals surface area (Å²) in [6.45, 7) is 4.67. The molecule has 3 rings (SSSR count). The highest BCUT2D eigenvalue weighted by atomic mass is 16.5. The van der Waals surface area contributed by atoms with E-state index in [1.807, 2.05) is 17.9 Å². The molecule has 0 N–H and O–H groups in total. The van der Waals surface area contributed by atoms with Crippen LogP contribution < -0.4 is 0 Å². The summed E-state index contributed by atoms with van der Waals surface area (Å²) in [7, 11) is 0. The third-order valence-corrected chi connectivity index (χ3v) is 3.78. The fourth-order valence-electron chi connectivity index (χ4n) is 2.84. The van der Waals surface area contributed by atoms with Crippen LogP contribution in [0.15, 0.2) is 34.9 Å². The number of rotatable bonds is 2. The van der Waals surface area contributed by atoms with Gasteiger partial charge in [0.25, 0.3) is 5.91 Å². The molecular weight excluding hydrogens is 252 g/mol. The predicted octanol–water partition coefficient (Wildman–Crippen LogP) is 3.27. The van der Waals surface area contributed by atoms with E-state index < -0.39 is 0 Å². The lowest BCUT2D eigenvalue weighted by molar-refractivity contribution is 0.0693. The summed E-state index contributed by atoms with van der Waals surface area (Å²) in [4.78, 5) is 14.4. The Morgan fingerprint density at radius 1 is 1.35 bits per heavy atom. The summed E-state index contributed by atoms with van der Waals surface area (Å²) < 4.78 is 5.11. The molecule has 20 heavy (non-hydrogen) atoms. The largest absolute Gasteiger partial charge is 0.351 e. The Hall–Kier alpha value is -2.10. The molecule has 0 bridgehead atoms. The van der Waals surface area contributed by atoms with Gasteiger partial charge in [-0.1, -0.05) is 35.0 Å². The molecule has 1 saturated heterocycles. The highest BCUT2D eigenvalue weighted by Gasteiger charge is 2.32. The molecule has 1 unspecified atom stereocenters. The third kappa shape index (κ3) is 2.33. The molecule has 1 aliphatic heterocycles. The van der Waals surface area contributed by atoms with Crippen molar-refractivity contribution in [2.75, 3.05) is 6.54 Å². The number of likely N-dealkylation sites (tertiary alicyclic amines) is 1. The first-order valence-electron chi connectivity index (χ1n) is 6.96. The molecule has 104 valence electrons. The quantitative estimate of drug-likeness (QED) is 0.841. The van der Waals surface area contributed by atoms with E-state index in [-0.39, 0.29) is 11.9 Å². The number of aryl methyl sites for hydroxylation is 2. The lowest BCUT2D eigenvalue weighted by Gasteiger charge is -2.24. The summed E-state index contributed by atoms with van der Waals surface area (Å²) >= 11 is 0. The summed E-state index contributed by atoms with van der Waals surface area (Å²) in [5.74, 6) is 0.275. The summed E-state index contributed by atoms with van der Waals surface area (Å²) in [5.41, 5.74) is 3.16. The molecular formula is C16H18N2O2. The average Bonchev–Trinajstić information content (AvgIpc) is 3.06. The van der Waals surface area contributed by atoms with Crippen molar-refractivity contribution in [1.82, 2.24) is 10.1 Å². The van der Waals surface area contributed by atoms with Crippen molar-refractivity contribution < 1.29 is 9.32 Å². The second-order valence-corrected chi connectivity index (χ2v) is 5.40. The van der Waals surface area contributed by atoms with Crippen LogP contribution in [0.3, 0.4) is 0 Å². The molecule has 1 aromatic carbocycles. The predicted molar refractivity (Wildman–Crippen MR) is 75.4 cm³/mol. The number of carbonyl (C=O) groups is 1. The van der Waals surface area contributed by atoms with E-state index in [1.165, 1.54) is 11.1 Å². The maximum absolute atomic E-state index is 12.5. The van der Waals surface area contributed by atoms with E-state index in [2.05, 4.69) is 30.3 Å². The number of aromatic nitrogens is 1. The first kappa shape index (κ1) is 12.9. The minimum atomic E-state index is -0.0605. The molecule has 4 heteroatoms. The van der Waals surface area contributed by atoms with E-state index in [1.54, 1.807) is 6.07 Å². The van der Waals surface area contributed by atoms with Gasteiger partial charge in [-0.3, -0.25) is 4.79 Å². The summed E-state index contributed by atoms with van der Waals surface area (Å²) in [6, 6.07) is 10.2. The molecule has 0 aliphatic carbocycles. The van der Waals surface area contributed by atoms with Crippen molar-refractivity contribution in [3.05, 3.63) is 52.9 Å². The molecule has 1 aromatic heterocycles. The molecule has 0 saturated carbocycles. The van der Waals surface area contributed by atoms with Crippen LogP contribution in [0.4, 0.5) is 0 Å². The minimum Gasteiger partial charge on any atom is -0.351 e. The second-order valence-electron chi connectivity index (χ2n) is 5.40. The van der Waals surface area contributed by atoms with Crippen LogP contribution in [0.25, 0.3) is 0 Å². The minimum absolute atomic E-state index is 0.0605. The number of carbonyl (C=O) groups excluding carboxylic acids is 1.